The van der Waals surface area contributed by atoms with Crippen molar-refractivity contribution < 1.29 is 13.2 Å². The molecule has 9 heteroatoms. The van der Waals surface area contributed by atoms with Crippen LogP contribution < -0.4 is 20.9 Å². The summed E-state index contributed by atoms with van der Waals surface area (Å²) < 4.78 is 26.7. The average Bonchev–Trinajstić information content (AvgIpc) is 2.66. The molecule has 27 heavy (non-hydrogen) atoms. The number of rotatable bonds is 6. The molecule has 1 aliphatic rings. The molecule has 0 saturated heterocycles. The first-order valence-corrected chi connectivity index (χ1v) is 10.8. The van der Waals surface area contributed by atoms with Gasteiger partial charge in [0.1, 0.15) is 0 Å². The fraction of sp³-hybridized carbons (Fsp3) is 0.444. The van der Waals surface area contributed by atoms with E-state index in [9.17, 15) is 13.2 Å². The van der Waals surface area contributed by atoms with Gasteiger partial charge < -0.3 is 5.32 Å². The van der Waals surface area contributed by atoms with Crippen molar-refractivity contribution in [3.8, 4) is 0 Å². The minimum atomic E-state index is -3.69. The van der Waals surface area contributed by atoms with Gasteiger partial charge in [0.05, 0.1) is 4.90 Å². The number of amides is 1. The molecular formula is C18H26N4O3S2. The van der Waals surface area contributed by atoms with Crippen LogP contribution in [0.15, 0.2) is 41.8 Å². The highest BCUT2D eigenvalue weighted by Crippen LogP contribution is 2.23. The monoisotopic (exact) mass is 410 g/mol. The van der Waals surface area contributed by atoms with E-state index in [1.807, 2.05) is 0 Å². The maximum Gasteiger partial charge on any atom is 0.269 e. The molecule has 1 saturated carbocycles. The molecule has 0 aromatic heterocycles. The van der Waals surface area contributed by atoms with Gasteiger partial charge in [0.2, 0.25) is 10.0 Å². The lowest BCUT2D eigenvalue weighted by Crippen LogP contribution is -2.51. The third kappa shape index (κ3) is 6.30. The Morgan fingerprint density at radius 1 is 1.30 bits per heavy atom. The highest BCUT2D eigenvalue weighted by molar-refractivity contribution is 7.89. The Hall–Kier alpha value is -1.97. The molecule has 0 radical (unpaired) electrons. The highest BCUT2D eigenvalue weighted by Gasteiger charge is 2.22. The summed E-state index contributed by atoms with van der Waals surface area (Å²) in [5.74, 6) is 0.0516. The summed E-state index contributed by atoms with van der Waals surface area (Å²) in [6.07, 6.45) is 6.05. The Balaban J connectivity index is 1.93. The second-order valence-corrected chi connectivity index (χ2v) is 8.76. The molecule has 1 aromatic rings. The molecular weight excluding hydrogens is 384 g/mol. The van der Waals surface area contributed by atoms with Crippen molar-refractivity contribution in [3.05, 3.63) is 42.5 Å². The number of sulfonamides is 1. The summed E-state index contributed by atoms with van der Waals surface area (Å²) in [5, 5.41) is 3.57. The van der Waals surface area contributed by atoms with Gasteiger partial charge in [-0.15, -0.1) is 6.58 Å². The van der Waals surface area contributed by atoms with E-state index < -0.39 is 15.9 Å². The number of benzene rings is 1. The predicted molar refractivity (Wildman–Crippen MR) is 110 cm³/mol. The quantitative estimate of drug-likeness (QED) is 0.324. The summed E-state index contributed by atoms with van der Waals surface area (Å²) in [7, 11) is -3.69. The van der Waals surface area contributed by atoms with Crippen molar-refractivity contribution in [1.82, 2.24) is 20.9 Å². The molecule has 0 bridgehead atoms. The van der Waals surface area contributed by atoms with Gasteiger partial charge in [0, 0.05) is 18.2 Å². The third-order valence-corrected chi connectivity index (χ3v) is 6.18. The molecule has 1 amide bonds. The molecule has 4 N–H and O–H groups in total. The van der Waals surface area contributed by atoms with E-state index in [-0.39, 0.29) is 17.0 Å². The van der Waals surface area contributed by atoms with Gasteiger partial charge in [-0.05, 0) is 49.2 Å². The zero-order chi connectivity index (χ0) is 19.9. The first kappa shape index (κ1) is 21.3. The number of hydrogen-bond acceptors (Lipinski definition) is 4. The molecule has 2 unspecified atom stereocenters. The van der Waals surface area contributed by atoms with Crippen LogP contribution in [0.25, 0.3) is 0 Å². The van der Waals surface area contributed by atoms with E-state index in [1.54, 1.807) is 0 Å². The minimum absolute atomic E-state index is 0.00809. The van der Waals surface area contributed by atoms with Gasteiger partial charge >= 0.3 is 0 Å². The van der Waals surface area contributed by atoms with E-state index in [0.717, 1.165) is 19.3 Å². The number of hydrazine groups is 1. The third-order valence-electron chi connectivity index (χ3n) is 4.54. The Bertz CT molecular complexity index is 796. The van der Waals surface area contributed by atoms with Crippen LogP contribution in [0.1, 0.15) is 43.0 Å². The first-order valence-electron chi connectivity index (χ1n) is 8.91. The molecule has 1 fully saturated rings. The lowest BCUT2D eigenvalue weighted by atomic mass is 9.86. The number of thiocarbonyl (C=S) groups is 1. The van der Waals surface area contributed by atoms with E-state index in [0.29, 0.717) is 17.1 Å². The minimum Gasteiger partial charge on any atom is -0.358 e. The molecule has 2 atom stereocenters. The number of hydrogen-bond donors (Lipinski definition) is 4. The van der Waals surface area contributed by atoms with Crippen LogP contribution in [-0.2, 0) is 10.0 Å². The normalized spacial score (nSPS) is 19.7. The van der Waals surface area contributed by atoms with Crippen LogP contribution in [0.4, 0.5) is 0 Å². The van der Waals surface area contributed by atoms with Crippen LogP contribution in [0.3, 0.4) is 0 Å². The van der Waals surface area contributed by atoms with Crippen LogP contribution in [0, 0.1) is 5.92 Å². The van der Waals surface area contributed by atoms with Crippen molar-refractivity contribution >= 4 is 33.3 Å². The van der Waals surface area contributed by atoms with Gasteiger partial charge in [-0.1, -0.05) is 31.9 Å². The Morgan fingerprint density at radius 3 is 2.74 bits per heavy atom. The fourth-order valence-electron chi connectivity index (χ4n) is 2.98. The van der Waals surface area contributed by atoms with Crippen LogP contribution >= 0.6 is 12.2 Å². The topological polar surface area (TPSA) is 99.3 Å². The molecule has 2 rings (SSSR count). The molecule has 148 valence electrons. The molecule has 0 aliphatic heterocycles. The molecule has 1 aromatic carbocycles. The summed E-state index contributed by atoms with van der Waals surface area (Å²) in [5.41, 5.74) is 5.39. The fourth-order valence-corrected chi connectivity index (χ4v) is 4.22. The van der Waals surface area contributed by atoms with Crippen LogP contribution in [-0.4, -0.2) is 32.0 Å². The number of carbonyl (C=O) groups is 1. The van der Waals surface area contributed by atoms with Crippen LogP contribution in [0.2, 0.25) is 0 Å². The van der Waals surface area contributed by atoms with Gasteiger partial charge in [-0.2, -0.15) is 0 Å². The lowest BCUT2D eigenvalue weighted by Gasteiger charge is -2.30. The maximum atomic E-state index is 12.3. The van der Waals surface area contributed by atoms with Crippen molar-refractivity contribution in [2.24, 2.45) is 5.92 Å². The Morgan fingerprint density at radius 2 is 2.04 bits per heavy atom. The van der Waals surface area contributed by atoms with Gasteiger partial charge in [0.25, 0.3) is 5.91 Å². The smallest absolute Gasteiger partial charge is 0.269 e. The van der Waals surface area contributed by atoms with Crippen molar-refractivity contribution in [3.63, 3.8) is 0 Å². The molecule has 0 heterocycles. The van der Waals surface area contributed by atoms with Gasteiger partial charge in [-0.25, -0.2) is 13.1 Å². The maximum absolute atomic E-state index is 12.3. The lowest BCUT2D eigenvalue weighted by molar-refractivity contribution is 0.0943. The molecule has 7 nitrogen and oxygen atoms in total. The van der Waals surface area contributed by atoms with Crippen LogP contribution in [0.5, 0.6) is 0 Å². The van der Waals surface area contributed by atoms with E-state index in [4.69, 9.17) is 12.2 Å². The standard InChI is InChI=1S/C18H26N4O3S2/c1-3-11-19-27(24,25)15-9-6-8-14(12-15)17(23)21-22-18(26)20-16-10-5-4-7-13(16)2/h3,6,8-9,12-13,16,19H,1,4-5,7,10-11H2,2H3,(H,21,23)(H2,20,22,26). The zero-order valence-corrected chi connectivity index (χ0v) is 17.0. The summed E-state index contributed by atoms with van der Waals surface area (Å²) in [6.45, 7) is 5.77. The summed E-state index contributed by atoms with van der Waals surface area (Å²) in [4.78, 5) is 12.3. The van der Waals surface area contributed by atoms with Crippen molar-refractivity contribution in [2.75, 3.05) is 6.54 Å². The average molecular weight is 411 g/mol. The second-order valence-electron chi connectivity index (χ2n) is 6.59. The Labute approximate surface area is 166 Å². The number of nitrogens with one attached hydrogen (secondary N) is 4. The molecule has 0 spiro atoms. The van der Waals surface area contributed by atoms with Gasteiger partial charge in [0.15, 0.2) is 5.11 Å². The zero-order valence-electron chi connectivity index (χ0n) is 15.3. The number of carbonyl (C=O) groups excluding carboxylic acids is 1. The van der Waals surface area contributed by atoms with E-state index >= 15 is 0 Å². The van der Waals surface area contributed by atoms with Crippen molar-refractivity contribution in [1.29, 1.82) is 0 Å². The van der Waals surface area contributed by atoms with E-state index in [2.05, 4.69) is 34.4 Å². The highest BCUT2D eigenvalue weighted by atomic mass is 32.2. The van der Waals surface area contributed by atoms with E-state index in [1.165, 1.54) is 36.8 Å². The van der Waals surface area contributed by atoms with Gasteiger partial charge in [-0.3, -0.25) is 15.6 Å². The second kappa shape index (κ2) is 9.82. The molecule has 1 aliphatic carbocycles. The SMILES string of the molecule is C=CCNS(=O)(=O)c1cccc(C(=O)NNC(=S)NC2CCCCC2C)c1. The first-order chi connectivity index (χ1) is 12.8. The van der Waals surface area contributed by atoms with Crippen molar-refractivity contribution in [2.45, 2.75) is 43.5 Å². The summed E-state index contributed by atoms with van der Waals surface area (Å²) in [6, 6.07) is 6.06. The largest absolute Gasteiger partial charge is 0.358 e. The predicted octanol–water partition coefficient (Wildman–Crippen LogP) is 1.84. The Kier molecular flexibility index (Phi) is 7.76. The summed E-state index contributed by atoms with van der Waals surface area (Å²) >= 11 is 5.24.